The summed E-state index contributed by atoms with van der Waals surface area (Å²) in [5.74, 6) is 7.67. The number of aliphatic hydroxyl groups excluding tert-OH is 1. The lowest BCUT2D eigenvalue weighted by molar-refractivity contribution is -0.142. The molecular formula is C26H33NO4. The van der Waals surface area contributed by atoms with E-state index in [4.69, 9.17) is 11.2 Å². The Balaban J connectivity index is 2.20. The molecule has 0 bridgehead atoms. The lowest BCUT2D eigenvalue weighted by atomic mass is 9.80. The summed E-state index contributed by atoms with van der Waals surface area (Å²) in [5.41, 5.74) is 3.77. The molecule has 1 aromatic rings. The minimum Gasteiger partial charge on any atom is -0.392 e. The van der Waals surface area contributed by atoms with Crippen molar-refractivity contribution in [3.8, 4) is 24.2 Å². The number of carbonyl (C=O) groups is 2. The van der Waals surface area contributed by atoms with Gasteiger partial charge in [0, 0.05) is 25.1 Å². The lowest BCUT2D eigenvalue weighted by Gasteiger charge is -2.30. The molecule has 1 saturated heterocycles. The molecule has 1 aliphatic heterocycles. The molecule has 1 aromatic carbocycles. The number of Topliss-reactive ketones (excluding diaryl/α,β-unsaturated/α-hetero) is 1. The minimum absolute atomic E-state index is 0.0129. The first-order valence-electron chi connectivity index (χ1n) is 10.9. The van der Waals surface area contributed by atoms with Gasteiger partial charge in [-0.1, -0.05) is 11.8 Å². The Morgan fingerprint density at radius 3 is 2.55 bits per heavy atom. The molecule has 0 saturated carbocycles. The summed E-state index contributed by atoms with van der Waals surface area (Å²) in [6, 6.07) is 3.96. The maximum atomic E-state index is 13.2. The maximum Gasteiger partial charge on any atom is 0.251 e. The van der Waals surface area contributed by atoms with Crippen LogP contribution >= 0.6 is 0 Å². The Morgan fingerprint density at radius 2 is 1.94 bits per heavy atom. The largest absolute Gasteiger partial charge is 0.392 e. The number of aliphatic hydroxyl groups is 1. The molecule has 1 amide bonds. The molecule has 5 nitrogen and oxygen atoms in total. The number of ether oxygens (including phenoxy) is 1. The quantitative estimate of drug-likeness (QED) is 0.756. The van der Waals surface area contributed by atoms with Gasteiger partial charge in [-0.15, -0.1) is 12.3 Å². The minimum atomic E-state index is -0.793. The highest BCUT2D eigenvalue weighted by Gasteiger charge is 2.32. The summed E-state index contributed by atoms with van der Waals surface area (Å²) in [5, 5.41) is 11.0. The SMILES string of the molecule is C#CCOC(C)C(=O)N1CCCC(=O)C(c2c(C)cc(C#CC)cc2C)C(O)CCC1. The fraction of sp³-hybridized carbons (Fsp3) is 0.538. The molecule has 3 unspecified atom stereocenters. The third-order valence-electron chi connectivity index (χ3n) is 5.76. The van der Waals surface area contributed by atoms with E-state index in [0.717, 1.165) is 22.3 Å². The smallest absolute Gasteiger partial charge is 0.251 e. The van der Waals surface area contributed by atoms with Crippen LogP contribution in [0.3, 0.4) is 0 Å². The highest BCUT2D eigenvalue weighted by Crippen LogP contribution is 2.32. The van der Waals surface area contributed by atoms with Crippen LogP contribution in [0.4, 0.5) is 0 Å². The predicted molar refractivity (Wildman–Crippen MR) is 122 cm³/mol. The fourth-order valence-corrected chi connectivity index (χ4v) is 4.34. The molecule has 0 radical (unpaired) electrons. The highest BCUT2D eigenvalue weighted by molar-refractivity contribution is 5.87. The van der Waals surface area contributed by atoms with Crippen molar-refractivity contribution in [2.75, 3.05) is 19.7 Å². The third-order valence-corrected chi connectivity index (χ3v) is 5.76. The third kappa shape index (κ3) is 6.44. The van der Waals surface area contributed by atoms with E-state index in [1.807, 2.05) is 26.0 Å². The highest BCUT2D eigenvalue weighted by atomic mass is 16.5. The van der Waals surface area contributed by atoms with Gasteiger partial charge in [0.2, 0.25) is 0 Å². The van der Waals surface area contributed by atoms with Crippen molar-refractivity contribution in [3.63, 3.8) is 0 Å². The van der Waals surface area contributed by atoms with Crippen LogP contribution in [0.5, 0.6) is 0 Å². The average molecular weight is 424 g/mol. The molecule has 5 heteroatoms. The molecule has 0 aliphatic carbocycles. The van der Waals surface area contributed by atoms with Crippen LogP contribution in [0.1, 0.15) is 67.7 Å². The van der Waals surface area contributed by atoms with Crippen molar-refractivity contribution < 1.29 is 19.4 Å². The molecule has 2 rings (SSSR count). The number of hydrogen-bond donors (Lipinski definition) is 1. The van der Waals surface area contributed by atoms with E-state index in [1.54, 1.807) is 18.7 Å². The van der Waals surface area contributed by atoms with E-state index >= 15 is 0 Å². The first-order valence-corrected chi connectivity index (χ1v) is 10.9. The van der Waals surface area contributed by atoms with E-state index in [-0.39, 0.29) is 18.3 Å². The number of rotatable bonds is 4. The normalized spacial score (nSPS) is 20.9. The van der Waals surface area contributed by atoms with Crippen LogP contribution in [-0.4, -0.2) is 53.6 Å². The zero-order valence-electron chi connectivity index (χ0n) is 19.0. The molecule has 0 spiro atoms. The second kappa shape index (κ2) is 11.7. The van der Waals surface area contributed by atoms with E-state index in [2.05, 4.69) is 17.8 Å². The monoisotopic (exact) mass is 423 g/mol. The molecule has 31 heavy (non-hydrogen) atoms. The standard InChI is InChI=1S/C26H33NO4/c1-6-10-21-16-18(3)24(19(4)17-21)25-22(28)11-8-13-27(14-9-12-23(25)29)26(30)20(5)31-15-7-2/h2,16-17,20,22,25,28H,8-9,11-15H2,1,3-5H3. The van der Waals surface area contributed by atoms with Gasteiger partial charge in [-0.25, -0.2) is 0 Å². The van der Waals surface area contributed by atoms with Gasteiger partial charge in [0.1, 0.15) is 18.5 Å². The molecule has 1 fully saturated rings. The van der Waals surface area contributed by atoms with Crippen molar-refractivity contribution in [1.82, 2.24) is 4.90 Å². The Kier molecular flexibility index (Phi) is 9.31. The second-order valence-corrected chi connectivity index (χ2v) is 8.14. The van der Waals surface area contributed by atoms with Crippen LogP contribution < -0.4 is 0 Å². The number of ketones is 1. The number of carbonyl (C=O) groups excluding carboxylic acids is 2. The van der Waals surface area contributed by atoms with Gasteiger partial charge in [-0.3, -0.25) is 9.59 Å². The molecular weight excluding hydrogens is 390 g/mol. The predicted octanol–water partition coefficient (Wildman–Crippen LogP) is 3.13. The van der Waals surface area contributed by atoms with Crippen molar-refractivity contribution in [2.45, 2.75) is 71.5 Å². The van der Waals surface area contributed by atoms with Gasteiger partial charge in [0.15, 0.2) is 0 Å². The number of aryl methyl sites for hydroxylation is 2. The van der Waals surface area contributed by atoms with Crippen LogP contribution in [0.15, 0.2) is 12.1 Å². The first-order chi connectivity index (χ1) is 14.8. The van der Waals surface area contributed by atoms with Crippen LogP contribution in [0, 0.1) is 38.0 Å². The number of nitrogens with zero attached hydrogens (tertiary/aromatic N) is 1. The van der Waals surface area contributed by atoms with E-state index < -0.39 is 18.1 Å². The molecule has 166 valence electrons. The van der Waals surface area contributed by atoms with Gasteiger partial charge < -0.3 is 14.7 Å². The van der Waals surface area contributed by atoms with Crippen molar-refractivity contribution >= 4 is 11.7 Å². The first kappa shape index (κ1) is 24.7. The molecule has 1 N–H and O–H groups in total. The number of hydrogen-bond acceptors (Lipinski definition) is 4. The molecule has 1 heterocycles. The summed E-state index contributed by atoms with van der Waals surface area (Å²) in [6.07, 6.45) is 5.69. The summed E-state index contributed by atoms with van der Waals surface area (Å²) in [4.78, 5) is 27.6. The molecule has 0 aromatic heterocycles. The lowest BCUT2D eigenvalue weighted by Crippen LogP contribution is -2.41. The van der Waals surface area contributed by atoms with Crippen LogP contribution in [0.2, 0.25) is 0 Å². The van der Waals surface area contributed by atoms with E-state index in [9.17, 15) is 14.7 Å². The van der Waals surface area contributed by atoms with Crippen molar-refractivity contribution in [3.05, 3.63) is 34.4 Å². The van der Waals surface area contributed by atoms with Crippen molar-refractivity contribution in [1.29, 1.82) is 0 Å². The molecule has 1 aliphatic rings. The van der Waals surface area contributed by atoms with E-state index in [0.29, 0.717) is 38.8 Å². The van der Waals surface area contributed by atoms with Crippen molar-refractivity contribution in [2.24, 2.45) is 0 Å². The number of benzene rings is 1. The summed E-state index contributed by atoms with van der Waals surface area (Å²) < 4.78 is 5.35. The second-order valence-electron chi connectivity index (χ2n) is 8.14. The fourth-order valence-electron chi connectivity index (χ4n) is 4.34. The van der Waals surface area contributed by atoms with Gasteiger partial charge >= 0.3 is 0 Å². The molecule has 3 atom stereocenters. The zero-order chi connectivity index (χ0) is 23.0. The van der Waals surface area contributed by atoms with Crippen LogP contribution in [-0.2, 0) is 14.3 Å². The Labute approximate surface area is 186 Å². The van der Waals surface area contributed by atoms with Gasteiger partial charge in [-0.2, -0.15) is 0 Å². The average Bonchev–Trinajstić information content (AvgIpc) is 2.72. The van der Waals surface area contributed by atoms with Gasteiger partial charge in [-0.05, 0) is 75.8 Å². The summed E-state index contributed by atoms with van der Waals surface area (Å²) in [7, 11) is 0. The van der Waals surface area contributed by atoms with Crippen LogP contribution in [0.25, 0.3) is 0 Å². The number of amides is 1. The topological polar surface area (TPSA) is 66.8 Å². The zero-order valence-corrected chi connectivity index (χ0v) is 19.0. The Morgan fingerprint density at radius 1 is 1.29 bits per heavy atom. The van der Waals surface area contributed by atoms with Gasteiger partial charge in [0.25, 0.3) is 5.91 Å². The summed E-state index contributed by atoms with van der Waals surface area (Å²) >= 11 is 0. The summed E-state index contributed by atoms with van der Waals surface area (Å²) in [6.45, 7) is 8.51. The Bertz CT molecular complexity index is 879. The van der Waals surface area contributed by atoms with E-state index in [1.165, 1.54) is 0 Å². The number of terminal acetylenes is 1. The van der Waals surface area contributed by atoms with Gasteiger partial charge in [0.05, 0.1) is 12.0 Å². The maximum absolute atomic E-state index is 13.2. The Hall–Kier alpha value is -2.60.